The van der Waals surface area contributed by atoms with Gasteiger partial charge in [-0.25, -0.2) is 4.79 Å². The van der Waals surface area contributed by atoms with Crippen LogP contribution in [-0.4, -0.2) is 35.2 Å². The topological polar surface area (TPSA) is 54.7 Å². The van der Waals surface area contributed by atoms with E-state index in [-0.39, 0.29) is 11.6 Å². The van der Waals surface area contributed by atoms with E-state index in [1.54, 1.807) is 4.90 Å². The number of piperidine rings is 1. The Bertz CT molecular complexity index is 508. The van der Waals surface area contributed by atoms with Gasteiger partial charge in [0.05, 0.1) is 6.54 Å². The molecule has 0 bridgehead atoms. The normalized spacial score (nSPS) is 18.3. The Kier molecular flexibility index (Phi) is 4.85. The molecule has 0 radical (unpaired) electrons. The number of likely N-dealkylation sites (tertiary alicyclic amines) is 1. The highest BCUT2D eigenvalue weighted by Crippen LogP contribution is 2.24. The summed E-state index contributed by atoms with van der Waals surface area (Å²) in [7, 11) is 0. The Hall–Kier alpha value is -1.49. The largest absolute Gasteiger partial charge is 0.465 e. The van der Waals surface area contributed by atoms with Crippen LogP contribution in [-0.2, 0) is 11.3 Å². The standard InChI is InChI=1S/C17H28N2O3/c1-13-6-7-14(21-13)12-18-17(5)8-10-19(11-9-17)15(20)22-16(2,3)4/h6-7,18H,8-12H2,1-5H3. The molecule has 0 aliphatic carbocycles. The molecular formula is C17H28N2O3. The highest BCUT2D eigenvalue weighted by Gasteiger charge is 2.33. The van der Waals surface area contributed by atoms with Gasteiger partial charge in [0.25, 0.3) is 0 Å². The van der Waals surface area contributed by atoms with Gasteiger partial charge in [0.2, 0.25) is 0 Å². The molecule has 1 amide bonds. The minimum atomic E-state index is -0.437. The van der Waals surface area contributed by atoms with Crippen molar-refractivity contribution in [2.75, 3.05) is 13.1 Å². The fourth-order valence-electron chi connectivity index (χ4n) is 2.57. The lowest BCUT2D eigenvalue weighted by atomic mass is 9.89. The summed E-state index contributed by atoms with van der Waals surface area (Å²) in [6.07, 6.45) is 1.61. The Balaban J connectivity index is 1.81. The molecule has 2 heterocycles. The molecule has 5 nitrogen and oxygen atoms in total. The lowest BCUT2D eigenvalue weighted by molar-refractivity contribution is 0.0155. The summed E-state index contributed by atoms with van der Waals surface area (Å²) in [6.45, 7) is 12.0. The Morgan fingerprint density at radius 3 is 2.50 bits per heavy atom. The Morgan fingerprint density at radius 2 is 2.00 bits per heavy atom. The predicted octanol–water partition coefficient (Wildman–Crippen LogP) is 3.47. The molecule has 2 rings (SSSR count). The van der Waals surface area contributed by atoms with Gasteiger partial charge in [-0.05, 0) is 59.6 Å². The van der Waals surface area contributed by atoms with Crippen LogP contribution < -0.4 is 5.32 Å². The number of nitrogens with zero attached hydrogens (tertiary/aromatic N) is 1. The van der Waals surface area contributed by atoms with Crippen molar-refractivity contribution in [3.63, 3.8) is 0 Å². The number of furan rings is 1. The first kappa shape index (κ1) is 16.9. The maximum Gasteiger partial charge on any atom is 0.410 e. The average molecular weight is 308 g/mol. The number of carbonyl (C=O) groups excluding carboxylic acids is 1. The average Bonchev–Trinajstić information content (AvgIpc) is 2.81. The summed E-state index contributed by atoms with van der Waals surface area (Å²) in [5.41, 5.74) is -0.410. The lowest BCUT2D eigenvalue weighted by Crippen LogP contribution is -2.53. The van der Waals surface area contributed by atoms with E-state index in [4.69, 9.17) is 9.15 Å². The fourth-order valence-corrected chi connectivity index (χ4v) is 2.57. The summed E-state index contributed by atoms with van der Waals surface area (Å²) in [4.78, 5) is 13.9. The number of aryl methyl sites for hydroxylation is 1. The van der Waals surface area contributed by atoms with Gasteiger partial charge in [0.1, 0.15) is 17.1 Å². The van der Waals surface area contributed by atoms with Gasteiger partial charge < -0.3 is 19.4 Å². The molecule has 0 saturated carbocycles. The predicted molar refractivity (Wildman–Crippen MR) is 85.7 cm³/mol. The summed E-state index contributed by atoms with van der Waals surface area (Å²) in [5, 5.41) is 3.56. The first-order chi connectivity index (χ1) is 10.2. The zero-order valence-corrected chi connectivity index (χ0v) is 14.4. The summed E-state index contributed by atoms with van der Waals surface area (Å²) >= 11 is 0. The lowest BCUT2D eigenvalue weighted by Gasteiger charge is -2.40. The highest BCUT2D eigenvalue weighted by molar-refractivity contribution is 5.68. The van der Waals surface area contributed by atoms with Crippen LogP contribution in [0.1, 0.15) is 52.1 Å². The van der Waals surface area contributed by atoms with E-state index in [0.29, 0.717) is 0 Å². The molecule has 1 saturated heterocycles. The monoisotopic (exact) mass is 308 g/mol. The molecule has 1 aromatic rings. The molecular weight excluding hydrogens is 280 g/mol. The maximum absolute atomic E-state index is 12.1. The zero-order chi connectivity index (χ0) is 16.4. The number of ether oxygens (including phenoxy) is 1. The summed E-state index contributed by atoms with van der Waals surface area (Å²) < 4.78 is 11.0. The van der Waals surface area contributed by atoms with Gasteiger partial charge in [-0.1, -0.05) is 0 Å². The molecule has 5 heteroatoms. The van der Waals surface area contributed by atoms with Crippen LogP contribution >= 0.6 is 0 Å². The van der Waals surface area contributed by atoms with E-state index >= 15 is 0 Å². The molecule has 1 fully saturated rings. The van der Waals surface area contributed by atoms with E-state index in [0.717, 1.165) is 44.0 Å². The minimum absolute atomic E-state index is 0.0270. The van der Waals surface area contributed by atoms with E-state index in [2.05, 4.69) is 12.2 Å². The van der Waals surface area contributed by atoms with Crippen molar-refractivity contribution < 1.29 is 13.9 Å². The summed E-state index contributed by atoms with van der Waals surface area (Å²) in [5.74, 6) is 1.88. The molecule has 0 atom stereocenters. The van der Waals surface area contributed by atoms with Crippen LogP contribution in [0.2, 0.25) is 0 Å². The van der Waals surface area contributed by atoms with E-state index < -0.39 is 5.60 Å². The highest BCUT2D eigenvalue weighted by atomic mass is 16.6. The first-order valence-electron chi connectivity index (χ1n) is 7.95. The van der Waals surface area contributed by atoms with Crippen LogP contribution in [0.5, 0.6) is 0 Å². The van der Waals surface area contributed by atoms with Crippen LogP contribution in [0, 0.1) is 6.92 Å². The molecule has 1 aromatic heterocycles. The second-order valence-electron chi connectivity index (χ2n) is 7.39. The van der Waals surface area contributed by atoms with Crippen molar-refractivity contribution in [2.45, 2.75) is 65.1 Å². The molecule has 0 unspecified atom stereocenters. The van der Waals surface area contributed by atoms with E-state index in [1.807, 2.05) is 39.8 Å². The Labute approximate surface area is 133 Å². The molecule has 22 heavy (non-hydrogen) atoms. The molecule has 0 aromatic carbocycles. The van der Waals surface area contributed by atoms with Crippen molar-refractivity contribution in [3.8, 4) is 0 Å². The van der Waals surface area contributed by atoms with Crippen LogP contribution in [0.15, 0.2) is 16.5 Å². The smallest absolute Gasteiger partial charge is 0.410 e. The third-order valence-electron chi connectivity index (χ3n) is 4.00. The molecule has 0 spiro atoms. The maximum atomic E-state index is 12.1. The Morgan fingerprint density at radius 1 is 1.36 bits per heavy atom. The number of nitrogens with one attached hydrogen (secondary N) is 1. The van der Waals surface area contributed by atoms with Crippen LogP contribution in [0.4, 0.5) is 4.79 Å². The number of hydrogen-bond acceptors (Lipinski definition) is 4. The van der Waals surface area contributed by atoms with Gasteiger partial charge in [-0.2, -0.15) is 0 Å². The fraction of sp³-hybridized carbons (Fsp3) is 0.706. The van der Waals surface area contributed by atoms with Crippen molar-refractivity contribution in [2.24, 2.45) is 0 Å². The second kappa shape index (κ2) is 6.32. The second-order valence-corrected chi connectivity index (χ2v) is 7.39. The third kappa shape index (κ3) is 4.77. The SMILES string of the molecule is Cc1ccc(CNC2(C)CCN(C(=O)OC(C)(C)C)CC2)o1. The molecule has 1 aliphatic rings. The zero-order valence-electron chi connectivity index (χ0n) is 14.4. The van der Waals surface area contributed by atoms with Gasteiger partial charge in [-0.3, -0.25) is 0 Å². The van der Waals surface area contributed by atoms with Crippen LogP contribution in [0.25, 0.3) is 0 Å². The molecule has 1 N–H and O–H groups in total. The number of amides is 1. The minimum Gasteiger partial charge on any atom is -0.465 e. The van der Waals surface area contributed by atoms with Crippen molar-refractivity contribution in [3.05, 3.63) is 23.7 Å². The first-order valence-corrected chi connectivity index (χ1v) is 7.95. The van der Waals surface area contributed by atoms with Gasteiger partial charge in [0, 0.05) is 18.6 Å². The quantitative estimate of drug-likeness (QED) is 0.929. The number of rotatable bonds is 3. The van der Waals surface area contributed by atoms with Gasteiger partial charge in [0.15, 0.2) is 0 Å². The number of hydrogen-bond donors (Lipinski definition) is 1. The van der Waals surface area contributed by atoms with Gasteiger partial charge >= 0.3 is 6.09 Å². The van der Waals surface area contributed by atoms with Crippen molar-refractivity contribution >= 4 is 6.09 Å². The van der Waals surface area contributed by atoms with E-state index in [9.17, 15) is 4.79 Å². The third-order valence-corrected chi connectivity index (χ3v) is 4.00. The van der Waals surface area contributed by atoms with Gasteiger partial charge in [-0.15, -0.1) is 0 Å². The van der Waals surface area contributed by atoms with Crippen molar-refractivity contribution in [1.82, 2.24) is 10.2 Å². The van der Waals surface area contributed by atoms with E-state index in [1.165, 1.54) is 0 Å². The summed E-state index contributed by atoms with van der Waals surface area (Å²) in [6, 6.07) is 3.98. The van der Waals surface area contributed by atoms with Crippen molar-refractivity contribution in [1.29, 1.82) is 0 Å². The number of carbonyl (C=O) groups is 1. The molecule has 1 aliphatic heterocycles. The molecule has 124 valence electrons. The van der Waals surface area contributed by atoms with Crippen LogP contribution in [0.3, 0.4) is 0 Å².